The van der Waals surface area contributed by atoms with Crippen molar-refractivity contribution in [2.45, 2.75) is 6.92 Å². The summed E-state index contributed by atoms with van der Waals surface area (Å²) >= 11 is 5.71. The highest BCUT2D eigenvalue weighted by Gasteiger charge is 2.08. The molecule has 0 bridgehead atoms. The van der Waals surface area contributed by atoms with Gasteiger partial charge in [-0.1, -0.05) is 11.6 Å². The summed E-state index contributed by atoms with van der Waals surface area (Å²) in [6.45, 7) is 1.96. The molecule has 0 aliphatic rings. The van der Waals surface area contributed by atoms with Crippen LogP contribution in [0.25, 0.3) is 11.3 Å². The third kappa shape index (κ3) is 1.75. The van der Waals surface area contributed by atoms with E-state index in [-0.39, 0.29) is 5.02 Å². The van der Waals surface area contributed by atoms with Gasteiger partial charge in [-0.05, 0) is 25.1 Å². The minimum Gasteiger partial charge on any atom is -0.337 e. The SMILES string of the molecule is Cc1c(-c2ccc(F)c(Cl)c2)ncn1C. The van der Waals surface area contributed by atoms with Crippen molar-refractivity contribution in [1.82, 2.24) is 9.55 Å². The van der Waals surface area contributed by atoms with Crippen LogP contribution in [0.5, 0.6) is 0 Å². The summed E-state index contributed by atoms with van der Waals surface area (Å²) in [4.78, 5) is 4.24. The Balaban J connectivity index is 2.55. The van der Waals surface area contributed by atoms with Crippen LogP contribution in [0, 0.1) is 12.7 Å². The first-order chi connectivity index (χ1) is 7.09. The van der Waals surface area contributed by atoms with Crippen LogP contribution in [0.2, 0.25) is 5.02 Å². The number of aryl methyl sites for hydroxylation is 1. The second-order valence-electron chi connectivity index (χ2n) is 3.42. The average Bonchev–Trinajstić information content (AvgIpc) is 2.53. The molecule has 2 nitrogen and oxygen atoms in total. The number of nitrogens with zero attached hydrogens (tertiary/aromatic N) is 2. The molecule has 0 amide bonds. The van der Waals surface area contributed by atoms with Gasteiger partial charge in [0.1, 0.15) is 5.82 Å². The minimum absolute atomic E-state index is 0.123. The summed E-state index contributed by atoms with van der Waals surface area (Å²) in [7, 11) is 1.91. The van der Waals surface area contributed by atoms with Gasteiger partial charge in [0.05, 0.1) is 17.0 Å². The Morgan fingerprint density at radius 2 is 2.13 bits per heavy atom. The molecule has 15 heavy (non-hydrogen) atoms. The normalized spacial score (nSPS) is 10.7. The van der Waals surface area contributed by atoms with E-state index >= 15 is 0 Å². The third-order valence-electron chi connectivity index (χ3n) is 2.42. The monoisotopic (exact) mass is 224 g/mol. The molecular weight excluding hydrogens is 215 g/mol. The molecule has 0 fully saturated rings. The predicted molar refractivity (Wildman–Crippen MR) is 58.3 cm³/mol. The maximum absolute atomic E-state index is 13.0. The number of benzene rings is 1. The Kier molecular flexibility index (Phi) is 2.49. The largest absolute Gasteiger partial charge is 0.337 e. The first-order valence-electron chi connectivity index (χ1n) is 4.53. The number of hydrogen-bond acceptors (Lipinski definition) is 1. The fourth-order valence-electron chi connectivity index (χ4n) is 1.42. The lowest BCUT2D eigenvalue weighted by molar-refractivity contribution is 0.628. The molecule has 0 saturated heterocycles. The summed E-state index contributed by atoms with van der Waals surface area (Å²) in [5.41, 5.74) is 2.69. The van der Waals surface area contributed by atoms with Crippen molar-refractivity contribution in [2.75, 3.05) is 0 Å². The molecular formula is C11H10ClFN2. The second kappa shape index (κ2) is 3.66. The summed E-state index contributed by atoms with van der Waals surface area (Å²) in [5.74, 6) is -0.408. The number of rotatable bonds is 1. The second-order valence-corrected chi connectivity index (χ2v) is 3.83. The molecule has 0 aliphatic carbocycles. The van der Waals surface area contributed by atoms with Crippen LogP contribution >= 0.6 is 11.6 Å². The van der Waals surface area contributed by atoms with E-state index in [2.05, 4.69) is 4.98 Å². The standard InChI is InChI=1S/C11H10ClFN2/c1-7-11(14-6-15(7)2)8-3-4-10(13)9(12)5-8/h3-6H,1-2H3. The fraction of sp³-hybridized carbons (Fsp3) is 0.182. The van der Waals surface area contributed by atoms with E-state index in [1.54, 1.807) is 18.5 Å². The summed E-state index contributed by atoms with van der Waals surface area (Å²) in [6.07, 6.45) is 1.72. The molecule has 1 aromatic heterocycles. The molecule has 0 spiro atoms. The zero-order valence-corrected chi connectivity index (χ0v) is 9.22. The number of hydrogen-bond donors (Lipinski definition) is 0. The molecule has 0 unspecified atom stereocenters. The van der Waals surface area contributed by atoms with Gasteiger partial charge in [0.2, 0.25) is 0 Å². The molecule has 0 radical (unpaired) electrons. The average molecular weight is 225 g/mol. The van der Waals surface area contributed by atoms with Gasteiger partial charge < -0.3 is 4.57 Å². The van der Waals surface area contributed by atoms with Gasteiger partial charge >= 0.3 is 0 Å². The van der Waals surface area contributed by atoms with Gasteiger partial charge in [-0.25, -0.2) is 9.37 Å². The van der Waals surface area contributed by atoms with E-state index in [9.17, 15) is 4.39 Å². The van der Waals surface area contributed by atoms with Crippen LogP contribution in [-0.4, -0.2) is 9.55 Å². The smallest absolute Gasteiger partial charge is 0.141 e. The van der Waals surface area contributed by atoms with Gasteiger partial charge in [0.25, 0.3) is 0 Å². The molecule has 0 N–H and O–H groups in total. The van der Waals surface area contributed by atoms with Gasteiger partial charge in [0, 0.05) is 18.3 Å². The highest BCUT2D eigenvalue weighted by atomic mass is 35.5. The number of halogens is 2. The lowest BCUT2D eigenvalue weighted by atomic mass is 10.1. The topological polar surface area (TPSA) is 17.8 Å². The van der Waals surface area contributed by atoms with Crippen LogP contribution < -0.4 is 0 Å². The van der Waals surface area contributed by atoms with Crippen molar-refractivity contribution in [3.05, 3.63) is 41.1 Å². The van der Waals surface area contributed by atoms with Crippen molar-refractivity contribution in [1.29, 1.82) is 0 Å². The Labute approximate surface area is 92.3 Å². The Morgan fingerprint density at radius 1 is 1.40 bits per heavy atom. The van der Waals surface area contributed by atoms with Crippen molar-refractivity contribution in [3.63, 3.8) is 0 Å². The number of imidazole rings is 1. The quantitative estimate of drug-likeness (QED) is 0.728. The number of aromatic nitrogens is 2. The van der Waals surface area contributed by atoms with Crippen LogP contribution in [0.15, 0.2) is 24.5 Å². The van der Waals surface area contributed by atoms with Crippen molar-refractivity contribution < 1.29 is 4.39 Å². The Hall–Kier alpha value is -1.35. The van der Waals surface area contributed by atoms with Crippen LogP contribution in [0.4, 0.5) is 4.39 Å². The molecule has 4 heteroatoms. The lowest BCUT2D eigenvalue weighted by Crippen LogP contribution is -1.89. The van der Waals surface area contributed by atoms with Gasteiger partial charge in [-0.2, -0.15) is 0 Å². The molecule has 2 aromatic rings. The minimum atomic E-state index is -0.408. The zero-order chi connectivity index (χ0) is 11.0. The fourth-order valence-corrected chi connectivity index (χ4v) is 1.60. The van der Waals surface area contributed by atoms with Crippen molar-refractivity contribution in [3.8, 4) is 11.3 Å². The first-order valence-corrected chi connectivity index (χ1v) is 4.90. The van der Waals surface area contributed by atoms with Crippen LogP contribution in [0.3, 0.4) is 0 Å². The molecule has 0 saturated carbocycles. The molecule has 1 heterocycles. The van der Waals surface area contributed by atoms with Gasteiger partial charge in [0.15, 0.2) is 0 Å². The maximum Gasteiger partial charge on any atom is 0.141 e. The first kappa shape index (κ1) is 10.2. The summed E-state index contributed by atoms with van der Waals surface area (Å²) < 4.78 is 14.9. The predicted octanol–water partition coefficient (Wildman–Crippen LogP) is 3.19. The highest BCUT2D eigenvalue weighted by Crippen LogP contribution is 2.25. The Morgan fingerprint density at radius 3 is 2.67 bits per heavy atom. The summed E-state index contributed by atoms with van der Waals surface area (Å²) in [6, 6.07) is 4.62. The molecule has 0 aliphatic heterocycles. The molecule has 2 rings (SSSR count). The van der Waals surface area contributed by atoms with Crippen molar-refractivity contribution in [2.24, 2.45) is 7.05 Å². The Bertz CT molecular complexity index is 505. The molecule has 78 valence electrons. The van der Waals surface area contributed by atoms with Crippen molar-refractivity contribution >= 4 is 11.6 Å². The lowest BCUT2D eigenvalue weighted by Gasteiger charge is -2.01. The zero-order valence-electron chi connectivity index (χ0n) is 8.46. The van der Waals surface area contributed by atoms with Crippen LogP contribution in [0.1, 0.15) is 5.69 Å². The van der Waals surface area contributed by atoms with E-state index in [1.165, 1.54) is 6.07 Å². The molecule has 0 atom stereocenters. The van der Waals surface area contributed by atoms with Gasteiger partial charge in [-0.15, -0.1) is 0 Å². The van der Waals surface area contributed by atoms with Gasteiger partial charge in [-0.3, -0.25) is 0 Å². The highest BCUT2D eigenvalue weighted by molar-refractivity contribution is 6.31. The molecule has 1 aromatic carbocycles. The van der Waals surface area contributed by atoms with Crippen LogP contribution in [-0.2, 0) is 7.05 Å². The third-order valence-corrected chi connectivity index (χ3v) is 2.71. The maximum atomic E-state index is 13.0. The van der Waals surface area contributed by atoms with E-state index in [4.69, 9.17) is 11.6 Å². The van der Waals surface area contributed by atoms with E-state index in [0.717, 1.165) is 17.0 Å². The van der Waals surface area contributed by atoms with E-state index in [0.29, 0.717) is 0 Å². The summed E-state index contributed by atoms with van der Waals surface area (Å²) in [5, 5.41) is 0.123. The van der Waals surface area contributed by atoms with E-state index < -0.39 is 5.82 Å². The van der Waals surface area contributed by atoms with E-state index in [1.807, 2.05) is 18.5 Å².